The molecule has 2 aromatic rings. The van der Waals surface area contributed by atoms with Crippen LogP contribution in [0.4, 0.5) is 13.2 Å². The van der Waals surface area contributed by atoms with Crippen molar-refractivity contribution in [2.75, 3.05) is 20.1 Å². The minimum atomic E-state index is -4.51. The van der Waals surface area contributed by atoms with Gasteiger partial charge in [-0.15, -0.1) is 17.5 Å². The minimum absolute atomic E-state index is 0. The van der Waals surface area contributed by atoms with Crippen LogP contribution in [0.5, 0.6) is 0 Å². The summed E-state index contributed by atoms with van der Waals surface area (Å²) in [5.74, 6) is -0.312. The van der Waals surface area contributed by atoms with Crippen molar-refractivity contribution in [3.05, 3.63) is 41.7 Å². The zero-order valence-electron chi connectivity index (χ0n) is 14.0. The van der Waals surface area contributed by atoms with Gasteiger partial charge in [0.25, 0.3) is 5.91 Å². The molecule has 0 saturated carbocycles. The van der Waals surface area contributed by atoms with Gasteiger partial charge in [-0.1, -0.05) is 17.3 Å². The van der Waals surface area contributed by atoms with E-state index in [-0.39, 0.29) is 35.7 Å². The van der Waals surface area contributed by atoms with E-state index >= 15 is 0 Å². The number of likely N-dealkylation sites (N-methyl/N-ethyl adjacent to an activating group) is 1. The highest BCUT2D eigenvalue weighted by Gasteiger charge is 2.35. The van der Waals surface area contributed by atoms with Crippen LogP contribution in [0.2, 0.25) is 0 Å². The molecule has 0 spiro atoms. The lowest BCUT2D eigenvalue weighted by molar-refractivity contribution is -0.137. The van der Waals surface area contributed by atoms with Gasteiger partial charge in [0.15, 0.2) is 5.69 Å². The molecule has 1 N–H and O–H groups in total. The van der Waals surface area contributed by atoms with Gasteiger partial charge in [-0.05, 0) is 32.0 Å². The SMILES string of the molecule is CNCC1CCCN1C(=O)c1cn(-c2ccccc2C(F)(F)F)nn1.Cl. The van der Waals surface area contributed by atoms with Gasteiger partial charge in [0.2, 0.25) is 0 Å². The Hall–Kier alpha value is -2.13. The average molecular weight is 390 g/mol. The average Bonchev–Trinajstić information content (AvgIpc) is 3.23. The van der Waals surface area contributed by atoms with Crippen LogP contribution < -0.4 is 5.32 Å². The molecule has 2 heterocycles. The lowest BCUT2D eigenvalue weighted by atomic mass is 10.1. The Bertz CT molecular complexity index is 764. The van der Waals surface area contributed by atoms with Crippen LogP contribution in [-0.4, -0.2) is 52.0 Å². The summed E-state index contributed by atoms with van der Waals surface area (Å²) in [6.07, 6.45) is -1.48. The molecule has 0 radical (unpaired) electrons. The second kappa shape index (κ2) is 8.05. The van der Waals surface area contributed by atoms with Crippen LogP contribution in [-0.2, 0) is 6.18 Å². The number of carbonyl (C=O) groups is 1. The molecule has 1 saturated heterocycles. The van der Waals surface area contributed by atoms with Crippen molar-refractivity contribution in [1.29, 1.82) is 0 Å². The summed E-state index contributed by atoms with van der Waals surface area (Å²) in [6.45, 7) is 1.27. The highest BCUT2D eigenvalue weighted by molar-refractivity contribution is 5.92. The number of alkyl halides is 3. The minimum Gasteiger partial charge on any atom is -0.333 e. The van der Waals surface area contributed by atoms with Crippen LogP contribution >= 0.6 is 12.4 Å². The Balaban J connectivity index is 0.00000243. The fourth-order valence-electron chi connectivity index (χ4n) is 3.09. The van der Waals surface area contributed by atoms with E-state index in [2.05, 4.69) is 15.6 Å². The predicted octanol–water partition coefficient (Wildman–Crippen LogP) is 2.53. The summed E-state index contributed by atoms with van der Waals surface area (Å²) in [4.78, 5) is 14.3. The molecule has 142 valence electrons. The van der Waals surface area contributed by atoms with E-state index in [0.717, 1.165) is 23.6 Å². The number of nitrogens with zero attached hydrogens (tertiary/aromatic N) is 4. The Kier molecular flexibility index (Phi) is 6.25. The first kappa shape index (κ1) is 20.2. The van der Waals surface area contributed by atoms with Crippen LogP contribution in [0.3, 0.4) is 0 Å². The quantitative estimate of drug-likeness (QED) is 0.872. The fraction of sp³-hybridized carbons (Fsp3) is 0.438. The van der Waals surface area contributed by atoms with Crippen molar-refractivity contribution in [1.82, 2.24) is 25.2 Å². The Morgan fingerprint density at radius 3 is 2.77 bits per heavy atom. The third-order valence-electron chi connectivity index (χ3n) is 4.25. The van der Waals surface area contributed by atoms with Crippen LogP contribution in [0.15, 0.2) is 30.5 Å². The number of aromatic nitrogens is 3. The lowest BCUT2D eigenvalue weighted by Gasteiger charge is -2.23. The number of likely N-dealkylation sites (tertiary alicyclic amines) is 1. The van der Waals surface area contributed by atoms with Gasteiger partial charge in [0, 0.05) is 19.1 Å². The molecule has 6 nitrogen and oxygen atoms in total. The topological polar surface area (TPSA) is 63.1 Å². The van der Waals surface area contributed by atoms with Crippen LogP contribution in [0.1, 0.15) is 28.9 Å². The van der Waals surface area contributed by atoms with Crippen molar-refractivity contribution >= 4 is 18.3 Å². The zero-order chi connectivity index (χ0) is 18.0. The smallest absolute Gasteiger partial charge is 0.333 e. The van der Waals surface area contributed by atoms with Crippen molar-refractivity contribution in [2.45, 2.75) is 25.1 Å². The summed E-state index contributed by atoms with van der Waals surface area (Å²) < 4.78 is 40.4. The molecular weight excluding hydrogens is 371 g/mol. The van der Waals surface area contributed by atoms with Crippen molar-refractivity contribution in [3.63, 3.8) is 0 Å². The lowest BCUT2D eigenvalue weighted by Crippen LogP contribution is -2.41. The summed E-state index contributed by atoms with van der Waals surface area (Å²) in [5.41, 5.74) is -0.942. The van der Waals surface area contributed by atoms with Crippen molar-refractivity contribution < 1.29 is 18.0 Å². The molecule has 1 fully saturated rings. The summed E-state index contributed by atoms with van der Waals surface area (Å²) in [6, 6.07) is 5.12. The van der Waals surface area contributed by atoms with Crippen LogP contribution in [0.25, 0.3) is 5.69 Å². The number of halogens is 4. The van der Waals surface area contributed by atoms with Gasteiger partial charge in [-0.3, -0.25) is 4.79 Å². The van der Waals surface area contributed by atoms with Gasteiger partial charge < -0.3 is 10.2 Å². The molecule has 1 unspecified atom stereocenters. The monoisotopic (exact) mass is 389 g/mol. The Morgan fingerprint density at radius 2 is 2.08 bits per heavy atom. The van der Waals surface area contributed by atoms with Gasteiger partial charge in [0.1, 0.15) is 0 Å². The maximum Gasteiger partial charge on any atom is 0.418 e. The predicted molar refractivity (Wildman–Crippen MR) is 91.6 cm³/mol. The van der Waals surface area contributed by atoms with Gasteiger partial charge in [-0.25, -0.2) is 4.68 Å². The van der Waals surface area contributed by atoms with Crippen molar-refractivity contribution in [2.24, 2.45) is 0 Å². The highest BCUT2D eigenvalue weighted by atomic mass is 35.5. The number of rotatable bonds is 4. The van der Waals surface area contributed by atoms with E-state index in [1.54, 1.807) is 4.90 Å². The number of nitrogens with one attached hydrogen (secondary N) is 1. The largest absolute Gasteiger partial charge is 0.418 e. The molecule has 1 aromatic heterocycles. The molecule has 26 heavy (non-hydrogen) atoms. The number of para-hydroxylation sites is 1. The standard InChI is InChI=1S/C16H18F3N5O.ClH/c1-20-9-11-5-4-8-23(11)15(25)13-10-24(22-21-13)14-7-3-2-6-12(14)16(17,18)19;/h2-3,6-7,10-11,20H,4-5,8-9H2,1H3;1H. The highest BCUT2D eigenvalue weighted by Crippen LogP contribution is 2.33. The Morgan fingerprint density at radius 1 is 1.35 bits per heavy atom. The molecule has 3 rings (SSSR count). The Labute approximate surface area is 154 Å². The van der Waals surface area contributed by atoms with Gasteiger partial charge in [0.05, 0.1) is 17.4 Å². The third kappa shape index (κ3) is 3.99. The molecule has 10 heteroatoms. The first-order valence-corrected chi connectivity index (χ1v) is 7.96. The fourth-order valence-corrected chi connectivity index (χ4v) is 3.09. The number of hydrogen-bond acceptors (Lipinski definition) is 4. The normalized spacial score (nSPS) is 17.2. The zero-order valence-corrected chi connectivity index (χ0v) is 14.8. The van der Waals surface area contributed by atoms with Crippen LogP contribution in [0, 0.1) is 0 Å². The third-order valence-corrected chi connectivity index (χ3v) is 4.25. The second-order valence-corrected chi connectivity index (χ2v) is 5.92. The molecule has 1 atom stereocenters. The second-order valence-electron chi connectivity index (χ2n) is 5.92. The maximum atomic E-state index is 13.1. The molecule has 1 amide bonds. The first-order valence-electron chi connectivity index (χ1n) is 7.96. The molecule has 0 bridgehead atoms. The summed E-state index contributed by atoms with van der Waals surface area (Å²) in [7, 11) is 1.81. The maximum absolute atomic E-state index is 13.1. The van der Waals surface area contributed by atoms with Crippen molar-refractivity contribution in [3.8, 4) is 5.69 Å². The van der Waals surface area contributed by atoms with Gasteiger partial charge >= 0.3 is 6.18 Å². The molecular formula is C16H19ClF3N5O. The molecule has 1 aromatic carbocycles. The number of benzene rings is 1. The summed E-state index contributed by atoms with van der Waals surface area (Å²) >= 11 is 0. The molecule has 1 aliphatic rings. The first-order chi connectivity index (χ1) is 11.9. The van der Waals surface area contributed by atoms with Gasteiger partial charge in [-0.2, -0.15) is 13.2 Å². The number of hydrogen-bond donors (Lipinski definition) is 1. The van der Waals surface area contributed by atoms with E-state index in [1.807, 2.05) is 7.05 Å². The summed E-state index contributed by atoms with van der Waals surface area (Å²) in [5, 5.41) is 10.6. The van der Waals surface area contributed by atoms with E-state index in [9.17, 15) is 18.0 Å². The number of carbonyl (C=O) groups excluding carboxylic acids is 1. The number of amides is 1. The van der Waals surface area contributed by atoms with E-state index in [0.29, 0.717) is 13.1 Å². The van der Waals surface area contributed by atoms with E-state index in [1.165, 1.54) is 24.4 Å². The molecule has 1 aliphatic heterocycles. The molecule has 0 aliphatic carbocycles. The van der Waals surface area contributed by atoms with E-state index in [4.69, 9.17) is 0 Å². The van der Waals surface area contributed by atoms with E-state index < -0.39 is 11.7 Å².